The number of ether oxygens (including phenoxy) is 1. The molecule has 0 saturated carbocycles. The van der Waals surface area contributed by atoms with E-state index in [-0.39, 0.29) is 97.4 Å². The summed E-state index contributed by atoms with van der Waals surface area (Å²) in [6, 6.07) is 26.1. The number of hydrogen-bond donors (Lipinski definition) is 5. The lowest BCUT2D eigenvalue weighted by atomic mass is 9.76. The van der Waals surface area contributed by atoms with Crippen molar-refractivity contribution >= 4 is 52.6 Å². The normalized spacial score (nSPS) is 16.5. The number of carboxylic acids is 1. The van der Waals surface area contributed by atoms with Crippen LogP contribution in [0.2, 0.25) is 0 Å². The Morgan fingerprint density at radius 1 is 0.739 bits per heavy atom. The third-order valence-electron chi connectivity index (χ3n) is 16.0. The molecule has 18 nitrogen and oxygen atoms in total. The first-order valence-corrected chi connectivity index (χ1v) is 30.6. The molecule has 0 bridgehead atoms. The van der Waals surface area contributed by atoms with E-state index >= 15 is 0 Å². The van der Waals surface area contributed by atoms with Crippen molar-refractivity contribution in [2.75, 3.05) is 25.6 Å². The Morgan fingerprint density at radius 3 is 1.97 bits per heavy atom. The Morgan fingerprint density at radius 2 is 1.36 bits per heavy atom. The minimum absolute atomic E-state index is 0.0147. The SMILES string of the molecule is CC(C)(C)C.CN[C@H](C(=O)N[C@H](C(=O)N(C)[C@@H](/C=C(\C)C(=O)O)C(C)C)C(C)(C)C)C(C)(C)c1cccc(CC(=O)COc2ccc(CC(=O)[C@H](C)NC(=O)[C@@H](CC(=O)CCC(=O)N3Cc4ccccc4C4NN=NC4c4ccccc43)C(C)C)cc2)c1. The molecule has 2 aliphatic rings. The first kappa shape index (κ1) is 70.9. The maximum Gasteiger partial charge on any atom is 0.331 e. The molecule has 4 amide bonds. The molecule has 0 fully saturated rings. The van der Waals surface area contributed by atoms with E-state index in [1.54, 1.807) is 56.3 Å². The summed E-state index contributed by atoms with van der Waals surface area (Å²) in [6.45, 7) is 28.8. The van der Waals surface area contributed by atoms with Gasteiger partial charge in [-0.25, -0.2) is 4.79 Å². The highest BCUT2D eigenvalue weighted by Gasteiger charge is 2.42. The van der Waals surface area contributed by atoms with Crippen LogP contribution < -0.4 is 31.0 Å². The van der Waals surface area contributed by atoms with Gasteiger partial charge >= 0.3 is 5.97 Å². The predicted molar refractivity (Wildman–Crippen MR) is 343 cm³/mol. The summed E-state index contributed by atoms with van der Waals surface area (Å²) in [5, 5.41) is 27.2. The second kappa shape index (κ2) is 30.9. The molecule has 0 spiro atoms. The molecule has 18 heteroatoms. The molecule has 4 aromatic carbocycles. The van der Waals surface area contributed by atoms with E-state index in [1.807, 2.05) is 135 Å². The number of carboxylic acid groups (broad SMARTS) is 1. The number of anilines is 1. The highest BCUT2D eigenvalue weighted by molar-refractivity contribution is 5.98. The van der Waals surface area contributed by atoms with Crippen LogP contribution in [0.4, 0.5) is 5.69 Å². The van der Waals surface area contributed by atoms with Crippen LogP contribution in [0.15, 0.2) is 119 Å². The Hall–Kier alpha value is -7.86. The molecule has 0 radical (unpaired) electrons. The van der Waals surface area contributed by atoms with Crippen LogP contribution in [0.3, 0.4) is 0 Å². The minimum Gasteiger partial charge on any atom is -0.486 e. The van der Waals surface area contributed by atoms with Crippen molar-refractivity contribution in [1.82, 2.24) is 26.3 Å². The number of aliphatic carboxylic acids is 1. The maximum atomic E-state index is 14.2. The smallest absolute Gasteiger partial charge is 0.331 e. The first-order valence-electron chi connectivity index (χ1n) is 30.6. The topological polar surface area (TPSA) is 245 Å². The Bertz CT molecular complexity index is 3180. The standard InChI is InChI=1S/C65H84N8O10.C5H12/c1-38(2)51(35-46(74)27-30-55(77)73-36-44-20-14-15-22-49(44)56-57(70-71-69-56)50-23-16-17-24-52(50)73)60(78)67-41(6)54(76)34-42-25-28-48(29-26-42)83-37-47(75)33-43-19-18-21-45(32-43)65(10,11)58(66-12)61(79)68-59(64(7,8)9)62(80)72(13)53(39(3)4)31-40(5)63(81)82;1-5(2,3)4/h14-26,28-29,31-32,38-39,41,51,53,56-59,66H,27,30,33-37H2,1-13H3,(H,67,78)(H,68,79)(H,69,70)(H,81,82);1-4H3/b40-31+;/t41-,51-,53-,56?,57?,58+,59+;/m0./s1. The summed E-state index contributed by atoms with van der Waals surface area (Å²) in [5.74, 6) is -3.75. The van der Waals surface area contributed by atoms with Crippen LogP contribution >= 0.6 is 0 Å². The van der Waals surface area contributed by atoms with E-state index in [0.29, 0.717) is 34.5 Å². The van der Waals surface area contributed by atoms with Gasteiger partial charge in [0.1, 0.15) is 30.2 Å². The number of para-hydroxylation sites is 1. The van der Waals surface area contributed by atoms with Crippen LogP contribution in [0.5, 0.6) is 5.75 Å². The van der Waals surface area contributed by atoms with Crippen molar-refractivity contribution in [2.45, 2.75) is 184 Å². The zero-order valence-electron chi connectivity index (χ0n) is 54.9. The molecule has 0 saturated heterocycles. The summed E-state index contributed by atoms with van der Waals surface area (Å²) in [6.07, 6.45) is 1.45. The van der Waals surface area contributed by atoms with Gasteiger partial charge in [-0.15, -0.1) is 0 Å². The van der Waals surface area contributed by atoms with Gasteiger partial charge in [0, 0.05) is 67.3 Å². The van der Waals surface area contributed by atoms with Crippen LogP contribution in [-0.2, 0) is 63.2 Å². The van der Waals surface area contributed by atoms with Crippen molar-refractivity contribution in [3.8, 4) is 5.75 Å². The van der Waals surface area contributed by atoms with Gasteiger partial charge in [0.25, 0.3) is 0 Å². The summed E-state index contributed by atoms with van der Waals surface area (Å²) >= 11 is 0. The molecule has 2 unspecified atom stereocenters. The van der Waals surface area contributed by atoms with Crippen molar-refractivity contribution in [3.63, 3.8) is 0 Å². The average molecular weight is 1210 g/mol. The van der Waals surface area contributed by atoms with Crippen molar-refractivity contribution in [3.05, 3.63) is 142 Å². The van der Waals surface area contributed by atoms with E-state index in [9.17, 15) is 43.5 Å². The molecule has 0 aromatic heterocycles. The number of nitrogens with one attached hydrogen (secondary N) is 4. The number of fused-ring (bicyclic) bond motifs is 5. The van der Waals surface area contributed by atoms with Gasteiger partial charge in [0.2, 0.25) is 23.6 Å². The number of ketones is 3. The molecule has 2 aliphatic heterocycles. The molecular weight excluding hydrogens is 1110 g/mol. The lowest BCUT2D eigenvalue weighted by molar-refractivity contribution is -0.141. The number of nitrogens with zero attached hydrogens (tertiary/aromatic N) is 4. The largest absolute Gasteiger partial charge is 0.486 e. The Kier molecular flexibility index (Phi) is 24.9. The lowest BCUT2D eigenvalue weighted by Gasteiger charge is -2.40. The summed E-state index contributed by atoms with van der Waals surface area (Å²) in [4.78, 5) is 111. The maximum absolute atomic E-state index is 14.2. The fourth-order valence-electron chi connectivity index (χ4n) is 10.9. The molecule has 476 valence electrons. The van der Waals surface area contributed by atoms with Gasteiger partial charge in [0.05, 0.1) is 30.7 Å². The lowest BCUT2D eigenvalue weighted by Crippen LogP contribution is -2.61. The van der Waals surface area contributed by atoms with Gasteiger partial charge in [-0.3, -0.25) is 39.0 Å². The number of likely N-dealkylation sites (N-methyl/N-ethyl adjacent to an activating group) is 2. The fraction of sp³-hybridized carbons (Fsp3) is 0.514. The molecule has 5 N–H and O–H groups in total. The van der Waals surface area contributed by atoms with E-state index in [0.717, 1.165) is 22.3 Å². The van der Waals surface area contributed by atoms with E-state index in [4.69, 9.17) is 4.74 Å². The number of amides is 4. The molecule has 0 aliphatic carbocycles. The van der Waals surface area contributed by atoms with Crippen molar-refractivity contribution in [2.24, 2.45) is 38.9 Å². The highest BCUT2D eigenvalue weighted by atomic mass is 16.5. The van der Waals surface area contributed by atoms with Gasteiger partial charge in [0.15, 0.2) is 11.6 Å². The van der Waals surface area contributed by atoms with Gasteiger partial charge in [-0.05, 0) is 89.6 Å². The molecule has 4 aromatic rings. The van der Waals surface area contributed by atoms with Crippen LogP contribution in [0, 0.1) is 28.6 Å². The number of Topliss-reactive ketones (excluding diaryl/α,β-unsaturated/α-hetero) is 3. The fourth-order valence-corrected chi connectivity index (χ4v) is 10.9. The molecule has 6 rings (SSSR count). The summed E-state index contributed by atoms with van der Waals surface area (Å²) in [7, 11) is 3.29. The van der Waals surface area contributed by atoms with Crippen LogP contribution in [0.1, 0.15) is 169 Å². The molecule has 88 heavy (non-hydrogen) atoms. The van der Waals surface area contributed by atoms with E-state index < -0.39 is 58.7 Å². The third kappa shape index (κ3) is 19.6. The van der Waals surface area contributed by atoms with Crippen LogP contribution in [-0.4, -0.2) is 102 Å². The Labute approximate surface area is 521 Å². The zero-order chi connectivity index (χ0) is 65.6. The number of carbonyl (C=O) groups excluding carboxylic acids is 7. The van der Waals surface area contributed by atoms with Crippen LogP contribution in [0.25, 0.3) is 0 Å². The number of hydrogen-bond acceptors (Lipinski definition) is 13. The van der Waals surface area contributed by atoms with Gasteiger partial charge < -0.3 is 35.6 Å². The van der Waals surface area contributed by atoms with Gasteiger partial charge in [-0.1, -0.05) is 180 Å². The second-order valence-corrected chi connectivity index (χ2v) is 27.4. The minimum atomic E-state index is -1.08. The first-order chi connectivity index (χ1) is 41.1. The zero-order valence-corrected chi connectivity index (χ0v) is 54.9. The summed E-state index contributed by atoms with van der Waals surface area (Å²) < 4.78 is 5.86. The number of rotatable bonds is 26. The van der Waals surface area contributed by atoms with Gasteiger partial charge in [-0.2, -0.15) is 5.11 Å². The predicted octanol–water partition coefficient (Wildman–Crippen LogP) is 10.8. The van der Waals surface area contributed by atoms with E-state index in [2.05, 4.69) is 59.4 Å². The quantitative estimate of drug-likeness (QED) is 0.0369. The second-order valence-electron chi connectivity index (χ2n) is 27.4. The third-order valence-corrected chi connectivity index (χ3v) is 16.0. The van der Waals surface area contributed by atoms with E-state index in [1.165, 1.54) is 11.8 Å². The molecule has 7 atom stereocenters. The molecular formula is C70H96N8O10. The monoisotopic (exact) mass is 1210 g/mol. The number of benzene rings is 4. The highest BCUT2D eigenvalue weighted by Crippen LogP contribution is 2.44. The average Bonchev–Trinajstić information content (AvgIpc) is 2.00. The number of carbonyl (C=O) groups is 8. The summed E-state index contributed by atoms with van der Waals surface area (Å²) in [5.41, 5.74) is 7.91. The van der Waals surface area contributed by atoms with Crippen molar-refractivity contribution < 1.29 is 48.2 Å². The Balaban J connectivity index is 0.00000271. The van der Waals surface area contributed by atoms with Crippen molar-refractivity contribution in [1.29, 1.82) is 0 Å². The molecule has 2 heterocycles.